The summed E-state index contributed by atoms with van der Waals surface area (Å²) in [5.41, 5.74) is -1.23. The van der Waals surface area contributed by atoms with Crippen LogP contribution < -0.4 is 9.80 Å². The molecule has 6 rings (SSSR count). The molecule has 1 fully saturated rings. The summed E-state index contributed by atoms with van der Waals surface area (Å²) >= 11 is 0. The predicted octanol–water partition coefficient (Wildman–Crippen LogP) is 4.05. The number of nitro groups is 2. The van der Waals surface area contributed by atoms with Gasteiger partial charge >= 0.3 is 11.4 Å². The van der Waals surface area contributed by atoms with Crippen LogP contribution in [0.2, 0.25) is 0 Å². The van der Waals surface area contributed by atoms with E-state index in [0.717, 1.165) is 18.2 Å². The molecule has 4 atom stereocenters. The van der Waals surface area contributed by atoms with E-state index in [9.17, 15) is 48.9 Å². The van der Waals surface area contributed by atoms with Crippen LogP contribution in [-0.2, 0) is 19.2 Å². The standard InChI is InChI=1S/C31H25FN4O9/c1-13-9-23(37)19-12-18-15(24(26(19)28(13)38)16-5-4-6-20(32)29(16)39)7-8-17-25(18)31(41)34(30(17)40)14-10-21(35(42)43)27(33(2)3)22(11-14)36(44)45/h4-7,9-11,17-18,24-25,39H,8,12H2,1-3H3. The molecule has 1 saturated heterocycles. The number of fused-ring (bicyclic) bond motifs is 3. The third-order valence-corrected chi connectivity index (χ3v) is 9.05. The second-order valence-corrected chi connectivity index (χ2v) is 11.7. The summed E-state index contributed by atoms with van der Waals surface area (Å²) in [6.45, 7) is 1.47. The molecule has 3 aliphatic carbocycles. The van der Waals surface area contributed by atoms with E-state index in [1.807, 2.05) is 0 Å². The van der Waals surface area contributed by atoms with E-state index in [0.29, 0.717) is 10.5 Å². The molecule has 0 aromatic heterocycles. The zero-order valence-electron chi connectivity index (χ0n) is 24.1. The minimum absolute atomic E-state index is 0.0102. The molecule has 1 N–H and O–H groups in total. The lowest BCUT2D eigenvalue weighted by atomic mass is 9.59. The number of Topliss-reactive ketones (excluding diaryl/α,β-unsaturated/α-hetero) is 1. The Kier molecular flexibility index (Phi) is 6.75. The molecule has 2 aromatic carbocycles. The number of carbonyl (C=O) groups excluding carboxylic acids is 4. The Labute approximate surface area is 254 Å². The Hall–Kier alpha value is -5.53. The minimum Gasteiger partial charge on any atom is -0.505 e. The number of phenolic OH excluding ortho intramolecular Hbond substituents is 1. The smallest absolute Gasteiger partial charge is 0.301 e. The number of rotatable bonds is 5. The molecule has 4 aliphatic rings. The van der Waals surface area contributed by atoms with Gasteiger partial charge in [-0.1, -0.05) is 23.8 Å². The van der Waals surface area contributed by atoms with E-state index in [1.165, 1.54) is 44.1 Å². The number of anilines is 2. The van der Waals surface area contributed by atoms with Crippen molar-refractivity contribution in [3.63, 3.8) is 0 Å². The van der Waals surface area contributed by atoms with Crippen molar-refractivity contribution in [2.24, 2.45) is 17.8 Å². The van der Waals surface area contributed by atoms with Gasteiger partial charge in [-0.25, -0.2) is 9.29 Å². The van der Waals surface area contributed by atoms with E-state index in [2.05, 4.69) is 0 Å². The maximum atomic E-state index is 14.6. The Morgan fingerprint density at radius 3 is 2.24 bits per heavy atom. The number of amides is 2. The summed E-state index contributed by atoms with van der Waals surface area (Å²) in [4.78, 5) is 78.8. The number of benzene rings is 2. The highest BCUT2D eigenvalue weighted by atomic mass is 19.1. The number of phenols is 1. The highest BCUT2D eigenvalue weighted by molar-refractivity contribution is 6.25. The van der Waals surface area contributed by atoms with Gasteiger partial charge in [-0.3, -0.25) is 39.4 Å². The van der Waals surface area contributed by atoms with Crippen LogP contribution in [-0.4, -0.2) is 52.4 Å². The summed E-state index contributed by atoms with van der Waals surface area (Å²) in [7, 11) is 2.77. The molecule has 230 valence electrons. The lowest BCUT2D eigenvalue weighted by Crippen LogP contribution is -2.39. The molecular weight excluding hydrogens is 591 g/mol. The van der Waals surface area contributed by atoms with Gasteiger partial charge in [0.2, 0.25) is 11.8 Å². The molecule has 0 bridgehead atoms. The SMILES string of the molecule is CC1=CC(=O)C2=C(C1=O)C(c1cccc(F)c1O)C1=CCC3C(=O)N(c4cc([N+](=O)[O-])c(N(C)C)c([N+](=O)[O-])c4)C(=O)C3C1C2. The molecule has 45 heavy (non-hydrogen) atoms. The number of ketones is 2. The number of hydrogen-bond acceptors (Lipinski definition) is 10. The normalized spacial score (nSPS) is 24.1. The van der Waals surface area contributed by atoms with Gasteiger partial charge in [0.25, 0.3) is 0 Å². The molecule has 2 aromatic rings. The average molecular weight is 617 g/mol. The van der Waals surface area contributed by atoms with E-state index in [1.54, 1.807) is 6.08 Å². The number of halogens is 1. The van der Waals surface area contributed by atoms with Crippen LogP contribution in [0.25, 0.3) is 0 Å². The first-order valence-corrected chi connectivity index (χ1v) is 13.9. The van der Waals surface area contributed by atoms with Crippen LogP contribution in [0.1, 0.15) is 31.2 Å². The quantitative estimate of drug-likeness (QED) is 0.169. The topological polar surface area (TPSA) is 181 Å². The van der Waals surface area contributed by atoms with Gasteiger partial charge in [0.15, 0.2) is 28.8 Å². The Morgan fingerprint density at radius 2 is 1.64 bits per heavy atom. The maximum absolute atomic E-state index is 14.6. The highest BCUT2D eigenvalue weighted by Gasteiger charge is 2.57. The van der Waals surface area contributed by atoms with Crippen LogP contribution in [0.3, 0.4) is 0 Å². The Bertz CT molecular complexity index is 1860. The lowest BCUT2D eigenvalue weighted by Gasteiger charge is -2.42. The van der Waals surface area contributed by atoms with Crippen molar-refractivity contribution >= 4 is 46.1 Å². The van der Waals surface area contributed by atoms with E-state index in [-0.39, 0.29) is 46.5 Å². The van der Waals surface area contributed by atoms with Crippen LogP contribution in [0, 0.1) is 43.8 Å². The monoisotopic (exact) mass is 616 g/mol. The summed E-state index contributed by atoms with van der Waals surface area (Å²) in [6.07, 6.45) is 2.72. The number of imide groups is 1. The van der Waals surface area contributed by atoms with Crippen LogP contribution in [0.15, 0.2) is 64.8 Å². The molecule has 0 saturated carbocycles. The van der Waals surface area contributed by atoms with Crippen molar-refractivity contribution < 1.29 is 38.5 Å². The summed E-state index contributed by atoms with van der Waals surface area (Å²) in [5.74, 6) is -8.14. The minimum atomic E-state index is -1.11. The number of carbonyl (C=O) groups is 4. The third-order valence-electron chi connectivity index (χ3n) is 9.05. The van der Waals surface area contributed by atoms with Gasteiger partial charge in [-0.05, 0) is 37.8 Å². The largest absolute Gasteiger partial charge is 0.505 e. The summed E-state index contributed by atoms with van der Waals surface area (Å²) in [6, 6.07) is 5.69. The van der Waals surface area contributed by atoms with E-state index < -0.39 is 79.8 Å². The second-order valence-electron chi connectivity index (χ2n) is 11.7. The summed E-state index contributed by atoms with van der Waals surface area (Å²) in [5, 5.41) is 34.6. The van der Waals surface area contributed by atoms with Crippen molar-refractivity contribution in [1.29, 1.82) is 0 Å². The van der Waals surface area contributed by atoms with E-state index >= 15 is 0 Å². The molecular formula is C31H25FN4O9. The summed E-state index contributed by atoms with van der Waals surface area (Å²) < 4.78 is 14.6. The fourth-order valence-electron chi connectivity index (χ4n) is 7.19. The van der Waals surface area contributed by atoms with Crippen LogP contribution in [0.4, 0.5) is 27.1 Å². The molecule has 0 spiro atoms. The Balaban J connectivity index is 1.50. The maximum Gasteiger partial charge on any atom is 0.301 e. The first kappa shape index (κ1) is 29.5. The number of allylic oxidation sites excluding steroid dienone is 6. The van der Waals surface area contributed by atoms with Gasteiger partial charge < -0.3 is 10.0 Å². The van der Waals surface area contributed by atoms with E-state index in [4.69, 9.17) is 0 Å². The third kappa shape index (κ3) is 4.27. The molecule has 1 aliphatic heterocycles. The Morgan fingerprint density at radius 1 is 1.00 bits per heavy atom. The van der Waals surface area contributed by atoms with Crippen molar-refractivity contribution in [3.05, 3.63) is 96.4 Å². The molecule has 1 heterocycles. The first-order chi connectivity index (χ1) is 21.2. The van der Waals surface area contributed by atoms with Crippen LogP contribution >= 0.6 is 0 Å². The van der Waals surface area contributed by atoms with Crippen molar-refractivity contribution in [2.75, 3.05) is 23.9 Å². The molecule has 13 nitrogen and oxygen atoms in total. The zero-order valence-corrected chi connectivity index (χ0v) is 24.1. The van der Waals surface area contributed by atoms with Gasteiger partial charge in [0.1, 0.15) is 0 Å². The fourth-order valence-corrected chi connectivity index (χ4v) is 7.19. The van der Waals surface area contributed by atoms with Crippen molar-refractivity contribution in [3.8, 4) is 5.75 Å². The molecule has 0 radical (unpaired) electrons. The second kappa shape index (κ2) is 10.3. The molecule has 4 unspecified atom stereocenters. The number of nitro benzene ring substituents is 2. The first-order valence-electron chi connectivity index (χ1n) is 13.9. The number of hydrogen-bond donors (Lipinski definition) is 1. The lowest BCUT2D eigenvalue weighted by molar-refractivity contribution is -0.392. The van der Waals surface area contributed by atoms with Gasteiger partial charge in [0, 0.05) is 54.4 Å². The average Bonchev–Trinajstić information content (AvgIpc) is 3.25. The van der Waals surface area contributed by atoms with Crippen molar-refractivity contribution in [2.45, 2.75) is 25.7 Å². The fraction of sp³-hybridized carbons (Fsp3) is 0.290. The van der Waals surface area contributed by atoms with Gasteiger partial charge in [-0.2, -0.15) is 0 Å². The zero-order chi connectivity index (χ0) is 32.6. The van der Waals surface area contributed by atoms with Crippen LogP contribution in [0.5, 0.6) is 5.75 Å². The number of aromatic hydroxyl groups is 1. The molecule has 2 amide bonds. The van der Waals surface area contributed by atoms with Gasteiger partial charge in [0.05, 0.1) is 27.4 Å². The molecule has 14 heteroatoms. The highest BCUT2D eigenvalue weighted by Crippen LogP contribution is 2.57. The predicted molar refractivity (Wildman–Crippen MR) is 156 cm³/mol. The van der Waals surface area contributed by atoms with Gasteiger partial charge in [-0.15, -0.1) is 0 Å². The number of nitrogens with zero attached hydrogens (tertiary/aromatic N) is 4. The van der Waals surface area contributed by atoms with Crippen molar-refractivity contribution in [1.82, 2.24) is 0 Å². The number of para-hydroxylation sites is 1.